The molecule has 0 N–H and O–H groups in total. The van der Waals surface area contributed by atoms with Crippen molar-refractivity contribution in [2.45, 2.75) is 26.8 Å². The van der Waals surface area contributed by atoms with Gasteiger partial charge in [-0.15, -0.1) is 0 Å². The topological polar surface area (TPSA) is 54.5 Å². The number of amides is 1. The van der Waals surface area contributed by atoms with Gasteiger partial charge < -0.3 is 4.90 Å². The fraction of sp³-hybridized carbons (Fsp3) is 0.500. The molecule has 1 rings (SSSR count). The molecule has 0 unspecified atom stereocenters. The monoisotopic (exact) mass is 361 g/mol. The van der Waals surface area contributed by atoms with Crippen LogP contribution in [0.1, 0.15) is 31.1 Å². The minimum Gasteiger partial charge on any atom is -0.335 e. The minimum atomic E-state index is -3.10. The van der Waals surface area contributed by atoms with Crippen LogP contribution in [0.4, 0.5) is 0 Å². The normalized spacial score (nSPS) is 13.0. The van der Waals surface area contributed by atoms with Gasteiger partial charge in [-0.25, -0.2) is 8.42 Å². The number of hydrogen-bond donors (Lipinski definition) is 0. The van der Waals surface area contributed by atoms with Crippen molar-refractivity contribution in [2.24, 2.45) is 0 Å². The maximum atomic E-state index is 12.4. The number of rotatable bonds is 6. The second-order valence-corrected chi connectivity index (χ2v) is 7.96. The minimum absolute atomic E-state index is 0.000389. The quantitative estimate of drug-likeness (QED) is 0.782. The molecule has 0 bridgehead atoms. The summed E-state index contributed by atoms with van der Waals surface area (Å²) in [6, 6.07) is 6.73. The highest BCUT2D eigenvalue weighted by molar-refractivity contribution is 9.10. The number of benzene rings is 1. The molecule has 1 aromatic rings. The maximum Gasteiger partial charge on any atom is 0.254 e. The molecule has 0 spiro atoms. The Balaban J connectivity index is 2.89. The summed E-state index contributed by atoms with van der Waals surface area (Å²) in [6.07, 6.45) is 0. The Morgan fingerprint density at radius 3 is 2.25 bits per heavy atom. The second-order valence-electron chi connectivity index (χ2n) is 4.65. The van der Waals surface area contributed by atoms with Crippen molar-refractivity contribution in [3.63, 3.8) is 0 Å². The van der Waals surface area contributed by atoms with Gasteiger partial charge in [-0.05, 0) is 38.1 Å². The van der Waals surface area contributed by atoms with Gasteiger partial charge in [0, 0.05) is 28.4 Å². The Labute approximate surface area is 129 Å². The van der Waals surface area contributed by atoms with E-state index in [1.807, 2.05) is 6.92 Å². The summed E-state index contributed by atoms with van der Waals surface area (Å²) in [5.74, 6) is -0.0418. The molecule has 4 nitrogen and oxygen atoms in total. The highest BCUT2D eigenvalue weighted by Crippen LogP contribution is 2.14. The number of hydrogen-bond acceptors (Lipinski definition) is 3. The van der Waals surface area contributed by atoms with Crippen LogP contribution in [0.5, 0.6) is 0 Å². The zero-order valence-electron chi connectivity index (χ0n) is 12.0. The molecule has 0 aliphatic rings. The number of sulfone groups is 1. The van der Waals surface area contributed by atoms with E-state index < -0.39 is 9.84 Å². The highest BCUT2D eigenvalue weighted by Gasteiger charge is 2.24. The van der Waals surface area contributed by atoms with Gasteiger partial charge in [0.25, 0.3) is 5.91 Å². The average molecular weight is 362 g/mol. The number of carbonyl (C=O) groups excluding carboxylic acids is 1. The summed E-state index contributed by atoms with van der Waals surface area (Å²) >= 11 is 3.32. The van der Waals surface area contributed by atoms with Gasteiger partial charge in [0.15, 0.2) is 9.84 Å². The van der Waals surface area contributed by atoms with Crippen molar-refractivity contribution in [2.75, 3.05) is 18.1 Å². The third-order valence-electron chi connectivity index (χ3n) is 3.16. The summed E-state index contributed by atoms with van der Waals surface area (Å²) < 4.78 is 24.3. The van der Waals surface area contributed by atoms with Gasteiger partial charge in [0.1, 0.15) is 0 Å². The molecule has 0 radical (unpaired) electrons. The third-order valence-corrected chi connectivity index (χ3v) is 5.56. The zero-order valence-corrected chi connectivity index (χ0v) is 14.4. The van der Waals surface area contributed by atoms with Gasteiger partial charge in [-0.1, -0.05) is 22.9 Å². The molecule has 1 aromatic carbocycles. The van der Waals surface area contributed by atoms with E-state index in [4.69, 9.17) is 0 Å². The molecule has 0 aliphatic heterocycles. The SMILES string of the molecule is CCN(C(=O)c1ccc(Br)cc1)[C@@H](C)CS(=O)(=O)CC. The van der Waals surface area contributed by atoms with Crippen molar-refractivity contribution in [3.8, 4) is 0 Å². The van der Waals surface area contributed by atoms with E-state index in [0.29, 0.717) is 12.1 Å². The van der Waals surface area contributed by atoms with Gasteiger partial charge in [0.2, 0.25) is 0 Å². The van der Waals surface area contributed by atoms with Gasteiger partial charge in [-0.3, -0.25) is 4.79 Å². The van der Waals surface area contributed by atoms with E-state index in [1.54, 1.807) is 43.0 Å². The molecule has 112 valence electrons. The van der Waals surface area contributed by atoms with Crippen LogP contribution in [-0.2, 0) is 9.84 Å². The Kier molecular flexibility index (Phi) is 6.20. The van der Waals surface area contributed by atoms with Gasteiger partial charge in [-0.2, -0.15) is 0 Å². The van der Waals surface area contributed by atoms with E-state index in [2.05, 4.69) is 15.9 Å². The smallest absolute Gasteiger partial charge is 0.254 e. The predicted octanol–water partition coefficient (Wildman–Crippen LogP) is 2.73. The Hall–Kier alpha value is -0.880. The molecule has 0 saturated heterocycles. The Bertz CT molecular complexity index is 554. The summed E-state index contributed by atoms with van der Waals surface area (Å²) in [5.41, 5.74) is 0.566. The molecule has 0 saturated carbocycles. The Morgan fingerprint density at radius 2 is 1.80 bits per heavy atom. The molecule has 1 atom stereocenters. The molecule has 20 heavy (non-hydrogen) atoms. The Morgan fingerprint density at radius 1 is 1.25 bits per heavy atom. The average Bonchev–Trinajstić information content (AvgIpc) is 2.39. The van der Waals surface area contributed by atoms with Crippen molar-refractivity contribution in [1.82, 2.24) is 4.90 Å². The largest absolute Gasteiger partial charge is 0.335 e. The first kappa shape index (κ1) is 17.2. The second kappa shape index (κ2) is 7.22. The first-order valence-corrected chi connectivity index (χ1v) is 9.19. The van der Waals surface area contributed by atoms with E-state index >= 15 is 0 Å². The number of carbonyl (C=O) groups is 1. The highest BCUT2D eigenvalue weighted by atomic mass is 79.9. The lowest BCUT2D eigenvalue weighted by molar-refractivity contribution is 0.0719. The van der Waals surface area contributed by atoms with Crippen LogP contribution in [0, 0.1) is 0 Å². The molecule has 6 heteroatoms. The lowest BCUT2D eigenvalue weighted by atomic mass is 10.2. The molecule has 0 aliphatic carbocycles. The molecule has 0 aromatic heterocycles. The van der Waals surface area contributed by atoms with Crippen molar-refractivity contribution in [3.05, 3.63) is 34.3 Å². The van der Waals surface area contributed by atoms with Crippen molar-refractivity contribution in [1.29, 1.82) is 0 Å². The summed E-state index contributed by atoms with van der Waals surface area (Å²) in [6.45, 7) is 5.73. The zero-order chi connectivity index (χ0) is 15.3. The fourth-order valence-electron chi connectivity index (χ4n) is 1.99. The third kappa shape index (κ3) is 4.59. The van der Waals surface area contributed by atoms with Gasteiger partial charge >= 0.3 is 0 Å². The molecular weight excluding hydrogens is 342 g/mol. The predicted molar refractivity (Wildman–Crippen MR) is 84.6 cm³/mol. The lowest BCUT2D eigenvalue weighted by Crippen LogP contribution is -2.42. The van der Waals surface area contributed by atoms with Crippen molar-refractivity contribution >= 4 is 31.7 Å². The summed E-state index contributed by atoms with van der Waals surface area (Å²) in [7, 11) is -3.10. The molecular formula is C14H20BrNO3S. The summed E-state index contributed by atoms with van der Waals surface area (Å²) in [5, 5.41) is 0. The molecule has 0 heterocycles. The first-order valence-electron chi connectivity index (χ1n) is 6.57. The fourth-order valence-corrected chi connectivity index (χ4v) is 3.40. The molecule has 0 fully saturated rings. The standard InChI is InChI=1S/C14H20BrNO3S/c1-4-16(11(3)10-20(18,19)5-2)14(17)12-6-8-13(15)9-7-12/h6-9,11H,4-5,10H2,1-3H3/t11-/m0/s1. The first-order chi connectivity index (χ1) is 9.30. The molecule has 1 amide bonds. The maximum absolute atomic E-state index is 12.4. The van der Waals surface area contributed by atoms with Crippen LogP contribution in [0.25, 0.3) is 0 Å². The van der Waals surface area contributed by atoms with Crippen LogP contribution in [0.3, 0.4) is 0 Å². The van der Waals surface area contributed by atoms with E-state index in [0.717, 1.165) is 4.47 Å². The van der Waals surface area contributed by atoms with Crippen LogP contribution < -0.4 is 0 Å². The van der Waals surface area contributed by atoms with Crippen LogP contribution in [0.2, 0.25) is 0 Å². The van der Waals surface area contributed by atoms with Crippen LogP contribution in [0.15, 0.2) is 28.7 Å². The van der Waals surface area contributed by atoms with E-state index in [1.165, 1.54) is 0 Å². The van der Waals surface area contributed by atoms with Gasteiger partial charge in [0.05, 0.1) is 5.75 Å². The van der Waals surface area contributed by atoms with Crippen LogP contribution in [-0.4, -0.2) is 43.3 Å². The number of halogens is 1. The van der Waals surface area contributed by atoms with E-state index in [-0.39, 0.29) is 23.5 Å². The van der Waals surface area contributed by atoms with Crippen molar-refractivity contribution < 1.29 is 13.2 Å². The summed E-state index contributed by atoms with van der Waals surface area (Å²) in [4.78, 5) is 14.0. The number of nitrogens with zero attached hydrogens (tertiary/aromatic N) is 1. The van der Waals surface area contributed by atoms with E-state index in [9.17, 15) is 13.2 Å². The van der Waals surface area contributed by atoms with Crippen LogP contribution >= 0.6 is 15.9 Å². The lowest BCUT2D eigenvalue weighted by Gasteiger charge is -2.28.